The lowest BCUT2D eigenvalue weighted by molar-refractivity contribution is -0.241. The number of carbonyl (C=O) groups is 1. The van der Waals surface area contributed by atoms with Crippen molar-refractivity contribution in [3.05, 3.63) is 12.2 Å². The van der Waals surface area contributed by atoms with Crippen LogP contribution in [0.4, 0.5) is 0 Å². The molecule has 0 amide bonds. The van der Waals surface area contributed by atoms with Crippen LogP contribution in [0.15, 0.2) is 12.2 Å². The maximum Gasteiger partial charge on any atom is 0.330 e. The molecule has 0 heterocycles. The zero-order valence-corrected chi connectivity index (χ0v) is 6.83. The number of hydrogen-bond acceptors (Lipinski definition) is 3. The van der Waals surface area contributed by atoms with Crippen LogP contribution >= 0.6 is 0 Å². The number of aliphatic carboxylic acids is 1. The van der Waals surface area contributed by atoms with Crippen molar-refractivity contribution in [3.63, 3.8) is 0 Å². The molecular weight excluding hydrogens is 148 g/mol. The van der Waals surface area contributed by atoms with Crippen molar-refractivity contribution in [3.8, 4) is 0 Å². The summed E-state index contributed by atoms with van der Waals surface area (Å²) in [7, 11) is 0. The van der Waals surface area contributed by atoms with Gasteiger partial charge in [0.25, 0.3) is 0 Å². The Balaban J connectivity index is 0. The van der Waals surface area contributed by atoms with Crippen molar-refractivity contribution in [1.82, 2.24) is 0 Å². The molecule has 0 atom stereocenters. The molecule has 2 N–H and O–H groups in total. The van der Waals surface area contributed by atoms with E-state index in [1.54, 1.807) is 0 Å². The molecule has 0 bridgehead atoms. The van der Waals surface area contributed by atoms with Gasteiger partial charge in [-0.1, -0.05) is 13.5 Å². The molecule has 0 saturated carbocycles. The molecule has 0 radical (unpaired) electrons. The molecule has 0 spiro atoms. The van der Waals surface area contributed by atoms with E-state index in [1.165, 1.54) is 6.92 Å². The van der Waals surface area contributed by atoms with Crippen molar-refractivity contribution in [2.45, 2.75) is 20.3 Å². The van der Waals surface area contributed by atoms with Crippen LogP contribution in [0.1, 0.15) is 20.3 Å². The molecule has 0 aliphatic rings. The highest BCUT2D eigenvalue weighted by atomic mass is 17.1. The molecule has 0 aromatic heterocycles. The lowest BCUT2D eigenvalue weighted by Gasteiger charge is -1.81. The fourth-order valence-electron chi connectivity index (χ4n) is 0.0913. The normalized spacial score (nSPS) is 7.91. The van der Waals surface area contributed by atoms with E-state index in [4.69, 9.17) is 10.4 Å². The Labute approximate surface area is 66.0 Å². The van der Waals surface area contributed by atoms with Gasteiger partial charge in [-0.05, 0) is 13.3 Å². The van der Waals surface area contributed by atoms with Crippen molar-refractivity contribution >= 4 is 5.97 Å². The summed E-state index contributed by atoms with van der Waals surface area (Å²) in [6.07, 6.45) is 0.872. The van der Waals surface area contributed by atoms with Crippen molar-refractivity contribution in [1.29, 1.82) is 0 Å². The second-order valence-electron chi connectivity index (χ2n) is 1.92. The van der Waals surface area contributed by atoms with Gasteiger partial charge in [0.05, 0.1) is 6.61 Å². The molecule has 0 fully saturated rings. The van der Waals surface area contributed by atoms with Crippen LogP contribution in [0, 0.1) is 0 Å². The molecular formula is C7H14O4. The van der Waals surface area contributed by atoms with Gasteiger partial charge >= 0.3 is 5.97 Å². The number of rotatable bonds is 3. The second-order valence-corrected chi connectivity index (χ2v) is 1.92. The Kier molecular flexibility index (Phi) is 10.6. The maximum absolute atomic E-state index is 9.60. The minimum atomic E-state index is -0.935. The summed E-state index contributed by atoms with van der Waals surface area (Å²) >= 11 is 0. The van der Waals surface area contributed by atoms with Gasteiger partial charge in [-0.15, -0.1) is 0 Å². The molecule has 0 rings (SSSR count). The number of carboxylic acids is 1. The van der Waals surface area contributed by atoms with Gasteiger partial charge in [0.1, 0.15) is 0 Å². The summed E-state index contributed by atoms with van der Waals surface area (Å²) in [5.41, 5.74) is 0.176. The van der Waals surface area contributed by atoms with Crippen LogP contribution in [0.5, 0.6) is 0 Å². The van der Waals surface area contributed by atoms with Crippen molar-refractivity contribution in [2.24, 2.45) is 0 Å². The third-order valence-corrected chi connectivity index (χ3v) is 0.661. The Morgan fingerprint density at radius 1 is 1.64 bits per heavy atom. The van der Waals surface area contributed by atoms with Crippen LogP contribution in [0.2, 0.25) is 0 Å². The SMILES string of the molecule is C=C(C)C(=O)O.CCCOO. The van der Waals surface area contributed by atoms with Gasteiger partial charge < -0.3 is 5.11 Å². The minimum absolute atomic E-state index is 0.176. The standard InChI is InChI=1S/C4H6O2.C3H8O2/c1-3(2)4(5)6;1-2-3-5-4/h1H2,2H3,(H,5,6);4H,2-3H2,1H3. The van der Waals surface area contributed by atoms with E-state index < -0.39 is 5.97 Å². The quantitative estimate of drug-likeness (QED) is 0.375. The Bertz CT molecular complexity index is 106. The van der Waals surface area contributed by atoms with E-state index in [-0.39, 0.29) is 5.57 Å². The fraction of sp³-hybridized carbons (Fsp3) is 0.571. The Morgan fingerprint density at radius 2 is 2.00 bits per heavy atom. The van der Waals surface area contributed by atoms with E-state index in [1.807, 2.05) is 6.92 Å². The summed E-state index contributed by atoms with van der Waals surface area (Å²) in [5, 5.41) is 15.5. The summed E-state index contributed by atoms with van der Waals surface area (Å²) in [4.78, 5) is 13.3. The maximum atomic E-state index is 9.60. The fourth-order valence-corrected chi connectivity index (χ4v) is 0.0913. The lowest BCUT2D eigenvalue weighted by atomic mass is 10.4. The molecule has 0 aromatic rings. The first-order valence-electron chi connectivity index (χ1n) is 3.21. The Hall–Kier alpha value is -0.870. The van der Waals surface area contributed by atoms with Gasteiger partial charge in [0.2, 0.25) is 0 Å². The molecule has 0 aliphatic carbocycles. The van der Waals surface area contributed by atoms with Crippen LogP contribution in [0.25, 0.3) is 0 Å². The van der Waals surface area contributed by atoms with Crippen molar-refractivity contribution < 1.29 is 20.0 Å². The van der Waals surface area contributed by atoms with Gasteiger partial charge in [0.15, 0.2) is 0 Å². The average molecular weight is 162 g/mol. The van der Waals surface area contributed by atoms with Gasteiger partial charge in [0, 0.05) is 5.57 Å². The number of carboxylic acid groups (broad SMARTS) is 1. The second kappa shape index (κ2) is 9.13. The summed E-state index contributed by atoms with van der Waals surface area (Å²) in [6, 6.07) is 0. The monoisotopic (exact) mass is 162 g/mol. The molecule has 11 heavy (non-hydrogen) atoms. The summed E-state index contributed by atoms with van der Waals surface area (Å²) in [6.45, 7) is 6.97. The van der Waals surface area contributed by atoms with E-state index >= 15 is 0 Å². The highest BCUT2D eigenvalue weighted by Crippen LogP contribution is 1.81. The molecule has 66 valence electrons. The third-order valence-electron chi connectivity index (χ3n) is 0.661. The predicted octanol–water partition coefficient (Wildman–Crippen LogP) is 1.53. The minimum Gasteiger partial charge on any atom is -0.478 e. The largest absolute Gasteiger partial charge is 0.478 e. The lowest BCUT2D eigenvalue weighted by Crippen LogP contribution is -1.92. The van der Waals surface area contributed by atoms with E-state index in [9.17, 15) is 4.79 Å². The summed E-state index contributed by atoms with van der Waals surface area (Å²) in [5.74, 6) is -0.935. The van der Waals surface area contributed by atoms with Crippen molar-refractivity contribution in [2.75, 3.05) is 6.61 Å². The molecule has 0 unspecified atom stereocenters. The van der Waals surface area contributed by atoms with Crippen LogP contribution in [-0.4, -0.2) is 22.9 Å². The first kappa shape index (κ1) is 12.8. The topological polar surface area (TPSA) is 66.8 Å². The molecule has 4 nitrogen and oxygen atoms in total. The first-order chi connectivity index (χ1) is 5.06. The molecule has 4 heteroatoms. The van der Waals surface area contributed by atoms with Crippen LogP contribution in [-0.2, 0) is 9.68 Å². The van der Waals surface area contributed by atoms with E-state index in [0.717, 1.165) is 6.42 Å². The van der Waals surface area contributed by atoms with Gasteiger partial charge in [-0.2, -0.15) is 0 Å². The first-order valence-corrected chi connectivity index (χ1v) is 3.21. The van der Waals surface area contributed by atoms with Crippen LogP contribution in [0.3, 0.4) is 0 Å². The zero-order valence-electron chi connectivity index (χ0n) is 6.83. The number of hydrogen-bond donors (Lipinski definition) is 2. The predicted molar refractivity (Wildman–Crippen MR) is 41.3 cm³/mol. The van der Waals surface area contributed by atoms with Gasteiger partial charge in [-0.25, -0.2) is 9.68 Å². The average Bonchev–Trinajstić information content (AvgIpc) is 1.90. The molecule has 0 aliphatic heterocycles. The van der Waals surface area contributed by atoms with E-state index in [0.29, 0.717) is 6.61 Å². The third kappa shape index (κ3) is 17.6. The van der Waals surface area contributed by atoms with Crippen LogP contribution < -0.4 is 0 Å². The van der Waals surface area contributed by atoms with E-state index in [2.05, 4.69) is 11.5 Å². The Morgan fingerprint density at radius 3 is 2.00 bits per heavy atom. The smallest absolute Gasteiger partial charge is 0.330 e. The summed E-state index contributed by atoms with van der Waals surface area (Å²) < 4.78 is 0. The highest BCUT2D eigenvalue weighted by molar-refractivity contribution is 5.84. The van der Waals surface area contributed by atoms with Gasteiger partial charge in [-0.3, -0.25) is 5.26 Å². The highest BCUT2D eigenvalue weighted by Gasteiger charge is 1.90. The molecule has 0 aromatic carbocycles. The zero-order chi connectivity index (χ0) is 9.28. The molecule has 0 saturated heterocycles.